The normalized spacial score (nSPS) is 9.55. The van der Waals surface area contributed by atoms with Crippen LogP contribution in [0.1, 0.15) is 21.5 Å². The van der Waals surface area contributed by atoms with Gasteiger partial charge in [-0.25, -0.2) is 0 Å². The second kappa shape index (κ2) is 6.55. The fourth-order valence-corrected chi connectivity index (χ4v) is 1.90. The topological polar surface area (TPSA) is 87.6 Å². The first-order chi connectivity index (χ1) is 10.5. The lowest BCUT2D eigenvalue weighted by atomic mass is 10.1. The van der Waals surface area contributed by atoms with E-state index in [9.17, 15) is 4.79 Å². The van der Waals surface area contributed by atoms with Gasteiger partial charge in [0, 0.05) is 11.3 Å². The average molecular weight is 296 g/mol. The molecule has 0 aliphatic heterocycles. The zero-order valence-corrected chi connectivity index (χ0v) is 12.3. The summed E-state index contributed by atoms with van der Waals surface area (Å²) in [5.41, 5.74) is 12.9. The van der Waals surface area contributed by atoms with Gasteiger partial charge in [-0.2, -0.15) is 0 Å². The predicted molar refractivity (Wildman–Crippen MR) is 84.9 cm³/mol. The van der Waals surface area contributed by atoms with Gasteiger partial charge in [-0.3, -0.25) is 4.79 Å². The van der Waals surface area contributed by atoms with Crippen LogP contribution in [0.25, 0.3) is 0 Å². The van der Waals surface area contributed by atoms with Crippen molar-refractivity contribution in [3.63, 3.8) is 0 Å². The van der Waals surface area contributed by atoms with Crippen LogP contribution in [0, 0.1) is 11.8 Å². The van der Waals surface area contributed by atoms with E-state index in [4.69, 9.17) is 20.9 Å². The van der Waals surface area contributed by atoms with Crippen LogP contribution in [0.4, 0.5) is 5.69 Å². The fraction of sp³-hybridized carbons (Fsp3) is 0.118. The van der Waals surface area contributed by atoms with E-state index in [-0.39, 0.29) is 5.56 Å². The maximum absolute atomic E-state index is 11.3. The Hall–Kier alpha value is -3.13. The van der Waals surface area contributed by atoms with Gasteiger partial charge in [-0.1, -0.05) is 11.8 Å². The number of nitrogen functional groups attached to an aromatic ring is 1. The molecule has 0 aliphatic carbocycles. The van der Waals surface area contributed by atoms with Gasteiger partial charge in [0.25, 0.3) is 5.91 Å². The van der Waals surface area contributed by atoms with Crippen LogP contribution in [-0.2, 0) is 0 Å². The molecule has 0 unspecified atom stereocenters. The van der Waals surface area contributed by atoms with Crippen molar-refractivity contribution in [2.75, 3.05) is 20.0 Å². The molecule has 2 rings (SSSR count). The molecule has 4 N–H and O–H groups in total. The molecule has 0 radical (unpaired) electrons. The number of methoxy groups -OCH3 is 2. The molecule has 0 atom stereocenters. The molecule has 0 bridgehead atoms. The zero-order valence-electron chi connectivity index (χ0n) is 12.3. The minimum atomic E-state index is -0.583. The van der Waals surface area contributed by atoms with E-state index < -0.39 is 5.91 Å². The quantitative estimate of drug-likeness (QED) is 0.667. The standard InChI is InChI=1S/C17H16N2O3/c1-21-13-6-8-16(22-2)12(10-13)5-3-11-4-7-15(18)14(9-11)17(19)20/h4,6-10H,18H2,1-2H3,(H2,19,20). The van der Waals surface area contributed by atoms with Crippen molar-refractivity contribution in [1.82, 2.24) is 0 Å². The minimum Gasteiger partial charge on any atom is -0.497 e. The van der Waals surface area contributed by atoms with Crippen LogP contribution in [0.15, 0.2) is 36.4 Å². The molecule has 5 nitrogen and oxygen atoms in total. The number of hydrogen-bond donors (Lipinski definition) is 2. The maximum atomic E-state index is 11.3. The molecule has 0 heterocycles. The van der Waals surface area contributed by atoms with Gasteiger partial charge < -0.3 is 20.9 Å². The Balaban J connectivity index is 2.42. The Bertz CT molecular complexity index is 773. The van der Waals surface area contributed by atoms with Crippen molar-refractivity contribution in [2.45, 2.75) is 0 Å². The fourth-order valence-electron chi connectivity index (χ4n) is 1.90. The number of anilines is 1. The number of rotatable bonds is 3. The summed E-state index contributed by atoms with van der Waals surface area (Å²) in [5, 5.41) is 0. The summed E-state index contributed by atoms with van der Waals surface area (Å²) in [6.07, 6.45) is 0. The molecule has 0 saturated heterocycles. The maximum Gasteiger partial charge on any atom is 0.250 e. The van der Waals surface area contributed by atoms with Crippen molar-refractivity contribution in [2.24, 2.45) is 5.73 Å². The largest absolute Gasteiger partial charge is 0.497 e. The average Bonchev–Trinajstić information content (AvgIpc) is 2.53. The third kappa shape index (κ3) is 3.30. The highest BCUT2D eigenvalue weighted by Crippen LogP contribution is 2.23. The molecule has 1 amide bonds. The third-order valence-corrected chi connectivity index (χ3v) is 3.07. The van der Waals surface area contributed by atoms with Gasteiger partial charge in [-0.05, 0) is 36.4 Å². The van der Waals surface area contributed by atoms with Crippen molar-refractivity contribution in [1.29, 1.82) is 0 Å². The van der Waals surface area contributed by atoms with Gasteiger partial charge >= 0.3 is 0 Å². The van der Waals surface area contributed by atoms with Crippen molar-refractivity contribution < 1.29 is 14.3 Å². The third-order valence-electron chi connectivity index (χ3n) is 3.07. The van der Waals surface area contributed by atoms with Gasteiger partial charge in [0.15, 0.2) is 0 Å². The Morgan fingerprint density at radius 2 is 1.82 bits per heavy atom. The van der Waals surface area contributed by atoms with Gasteiger partial charge in [0.05, 0.1) is 25.3 Å². The number of primary amides is 1. The van der Waals surface area contributed by atoms with Crippen molar-refractivity contribution >= 4 is 11.6 Å². The summed E-state index contributed by atoms with van der Waals surface area (Å²) in [5.74, 6) is 6.69. The van der Waals surface area contributed by atoms with Crippen LogP contribution in [-0.4, -0.2) is 20.1 Å². The zero-order chi connectivity index (χ0) is 16.1. The van der Waals surface area contributed by atoms with E-state index in [1.807, 2.05) is 0 Å². The van der Waals surface area contributed by atoms with E-state index in [1.165, 1.54) is 0 Å². The number of carbonyl (C=O) groups is 1. The Morgan fingerprint density at radius 3 is 2.45 bits per heavy atom. The lowest BCUT2D eigenvalue weighted by Gasteiger charge is -2.05. The van der Waals surface area contributed by atoms with Crippen LogP contribution in [0.5, 0.6) is 11.5 Å². The first kappa shape index (κ1) is 15.3. The first-order valence-corrected chi connectivity index (χ1v) is 6.48. The molecule has 0 saturated carbocycles. The van der Waals surface area contributed by atoms with Gasteiger partial charge in [0.2, 0.25) is 0 Å². The monoisotopic (exact) mass is 296 g/mol. The molecule has 2 aromatic rings. The second-order valence-electron chi connectivity index (χ2n) is 4.48. The number of ether oxygens (including phenoxy) is 2. The van der Waals surface area contributed by atoms with Crippen LogP contribution >= 0.6 is 0 Å². The minimum absolute atomic E-state index is 0.254. The molecular weight excluding hydrogens is 280 g/mol. The molecular formula is C17H16N2O3. The van der Waals surface area contributed by atoms with Gasteiger partial charge in [0.1, 0.15) is 11.5 Å². The van der Waals surface area contributed by atoms with Crippen molar-refractivity contribution in [3.05, 3.63) is 53.1 Å². The molecule has 0 fully saturated rings. The number of nitrogens with two attached hydrogens (primary N) is 2. The lowest BCUT2D eigenvalue weighted by molar-refractivity contribution is 0.100. The highest BCUT2D eigenvalue weighted by atomic mass is 16.5. The van der Waals surface area contributed by atoms with Crippen LogP contribution in [0.2, 0.25) is 0 Å². The van der Waals surface area contributed by atoms with Crippen molar-refractivity contribution in [3.8, 4) is 23.3 Å². The highest BCUT2D eigenvalue weighted by Gasteiger charge is 2.06. The van der Waals surface area contributed by atoms with Crippen LogP contribution in [0.3, 0.4) is 0 Å². The van der Waals surface area contributed by atoms with Gasteiger partial charge in [-0.15, -0.1) is 0 Å². The lowest BCUT2D eigenvalue weighted by Crippen LogP contribution is -2.13. The Labute approximate surface area is 128 Å². The summed E-state index contributed by atoms with van der Waals surface area (Å²) in [6, 6.07) is 10.2. The van der Waals surface area contributed by atoms with E-state index >= 15 is 0 Å². The SMILES string of the molecule is COc1ccc(OC)c(C#Cc2ccc(N)c(C(N)=O)c2)c1. The summed E-state index contributed by atoms with van der Waals surface area (Å²) in [4.78, 5) is 11.3. The van der Waals surface area contributed by atoms with E-state index in [2.05, 4.69) is 11.8 Å². The number of amides is 1. The Kier molecular flexibility index (Phi) is 4.54. The Morgan fingerprint density at radius 1 is 1.05 bits per heavy atom. The summed E-state index contributed by atoms with van der Waals surface area (Å²) >= 11 is 0. The summed E-state index contributed by atoms with van der Waals surface area (Å²) in [6.45, 7) is 0. The van der Waals surface area contributed by atoms with Crippen LogP contribution < -0.4 is 20.9 Å². The first-order valence-electron chi connectivity index (χ1n) is 6.48. The molecule has 5 heteroatoms. The number of carbonyl (C=O) groups excluding carboxylic acids is 1. The second-order valence-corrected chi connectivity index (χ2v) is 4.48. The molecule has 0 spiro atoms. The predicted octanol–water partition coefficient (Wildman–Crippen LogP) is 1.78. The number of hydrogen-bond acceptors (Lipinski definition) is 4. The highest BCUT2D eigenvalue weighted by molar-refractivity contribution is 5.98. The molecule has 0 aromatic heterocycles. The smallest absolute Gasteiger partial charge is 0.250 e. The molecule has 2 aromatic carbocycles. The molecule has 0 aliphatic rings. The molecule has 112 valence electrons. The van der Waals surface area contributed by atoms with E-state index in [0.29, 0.717) is 28.3 Å². The van der Waals surface area contributed by atoms with E-state index in [0.717, 1.165) is 0 Å². The molecule has 22 heavy (non-hydrogen) atoms. The number of benzene rings is 2. The summed E-state index contributed by atoms with van der Waals surface area (Å²) in [7, 11) is 3.15. The summed E-state index contributed by atoms with van der Waals surface area (Å²) < 4.78 is 10.4. The van der Waals surface area contributed by atoms with E-state index in [1.54, 1.807) is 50.6 Å².